The molecule has 0 saturated carbocycles. The molecular weight excluding hydrogens is 294 g/mol. The van der Waals surface area contributed by atoms with Gasteiger partial charge in [-0.05, 0) is 25.7 Å². The number of aliphatic hydroxyl groups excluding tert-OH is 1. The highest BCUT2D eigenvalue weighted by Crippen LogP contribution is 2.35. The number of hydrogen-bond acceptors (Lipinski definition) is 6. The van der Waals surface area contributed by atoms with Crippen LogP contribution in [0.5, 0.6) is 11.5 Å². The van der Waals surface area contributed by atoms with Crippen molar-refractivity contribution in [1.82, 2.24) is 15.2 Å². The molecule has 4 rings (SSSR count). The van der Waals surface area contributed by atoms with Crippen molar-refractivity contribution in [3.8, 4) is 11.5 Å². The second-order valence-electron chi connectivity index (χ2n) is 6.71. The van der Waals surface area contributed by atoms with Crippen LogP contribution in [-0.2, 0) is 6.54 Å². The lowest BCUT2D eigenvalue weighted by Crippen LogP contribution is -2.49. The largest absolute Gasteiger partial charge is 0.486 e. The van der Waals surface area contributed by atoms with E-state index >= 15 is 0 Å². The van der Waals surface area contributed by atoms with Gasteiger partial charge < -0.3 is 19.9 Å². The van der Waals surface area contributed by atoms with Crippen molar-refractivity contribution >= 4 is 0 Å². The first-order chi connectivity index (χ1) is 11.3. The molecule has 0 radical (unpaired) electrons. The summed E-state index contributed by atoms with van der Waals surface area (Å²) < 4.78 is 11.1. The lowest BCUT2D eigenvalue weighted by atomic mass is 9.97. The van der Waals surface area contributed by atoms with E-state index in [2.05, 4.69) is 15.2 Å². The van der Waals surface area contributed by atoms with E-state index in [1.165, 1.54) is 25.7 Å². The second-order valence-corrected chi connectivity index (χ2v) is 6.71. The van der Waals surface area contributed by atoms with Crippen LogP contribution in [0.15, 0.2) is 12.3 Å². The summed E-state index contributed by atoms with van der Waals surface area (Å²) >= 11 is 0. The van der Waals surface area contributed by atoms with Gasteiger partial charge in [0.25, 0.3) is 0 Å². The number of hydrogen-bond donors (Lipinski definition) is 2. The van der Waals surface area contributed by atoms with Crippen molar-refractivity contribution in [3.63, 3.8) is 0 Å². The first kappa shape index (κ1) is 15.2. The molecule has 126 valence electrons. The molecule has 2 saturated heterocycles. The number of rotatable bonds is 5. The second kappa shape index (κ2) is 6.63. The van der Waals surface area contributed by atoms with Gasteiger partial charge in [0.2, 0.25) is 0 Å². The smallest absolute Gasteiger partial charge is 0.179 e. The summed E-state index contributed by atoms with van der Waals surface area (Å²) in [5.41, 5.74) is 0.999. The third kappa shape index (κ3) is 3.16. The van der Waals surface area contributed by atoms with E-state index in [1.54, 1.807) is 6.20 Å². The summed E-state index contributed by atoms with van der Waals surface area (Å²) in [6.07, 6.45) is 6.64. The molecule has 1 aromatic rings. The molecule has 2 fully saturated rings. The first-order valence-electron chi connectivity index (χ1n) is 8.68. The van der Waals surface area contributed by atoms with Crippen LogP contribution in [0.25, 0.3) is 0 Å². The van der Waals surface area contributed by atoms with Gasteiger partial charge in [0.15, 0.2) is 11.5 Å². The topological polar surface area (TPSA) is 66.9 Å². The number of nitrogens with one attached hydrogen (secondary N) is 1. The molecule has 1 aromatic heterocycles. The van der Waals surface area contributed by atoms with Crippen molar-refractivity contribution in [3.05, 3.63) is 18.0 Å². The zero-order valence-electron chi connectivity index (χ0n) is 13.4. The number of fused-ring (bicyclic) bond motifs is 3. The van der Waals surface area contributed by atoms with Crippen LogP contribution in [0.3, 0.4) is 0 Å². The Bertz CT molecular complexity index is 540. The van der Waals surface area contributed by atoms with E-state index in [4.69, 9.17) is 9.47 Å². The molecule has 3 aliphatic heterocycles. The molecule has 2 N–H and O–H groups in total. The van der Waals surface area contributed by atoms with E-state index < -0.39 is 0 Å². The number of nitrogens with zero attached hydrogens (tertiary/aromatic N) is 2. The lowest BCUT2D eigenvalue weighted by Gasteiger charge is -2.39. The quantitative estimate of drug-likeness (QED) is 0.842. The average molecular weight is 319 g/mol. The van der Waals surface area contributed by atoms with Crippen molar-refractivity contribution in [2.45, 2.75) is 50.4 Å². The van der Waals surface area contributed by atoms with Crippen LogP contribution in [0.4, 0.5) is 0 Å². The van der Waals surface area contributed by atoms with Gasteiger partial charge in [0.1, 0.15) is 13.2 Å². The fraction of sp³-hybridized carbons (Fsp3) is 0.706. The molecule has 6 nitrogen and oxygen atoms in total. The lowest BCUT2D eigenvalue weighted by molar-refractivity contribution is 0.0924. The molecule has 4 heterocycles. The van der Waals surface area contributed by atoms with Gasteiger partial charge in [-0.25, -0.2) is 0 Å². The van der Waals surface area contributed by atoms with Crippen molar-refractivity contribution < 1.29 is 14.6 Å². The Kier molecular flexibility index (Phi) is 4.37. The Balaban J connectivity index is 1.34. The summed E-state index contributed by atoms with van der Waals surface area (Å²) in [6.45, 7) is 3.07. The van der Waals surface area contributed by atoms with Gasteiger partial charge in [-0.3, -0.25) is 9.88 Å². The molecule has 6 heteroatoms. The van der Waals surface area contributed by atoms with Gasteiger partial charge in [0.05, 0.1) is 18.5 Å². The Morgan fingerprint density at radius 3 is 2.65 bits per heavy atom. The molecule has 0 spiro atoms. The van der Waals surface area contributed by atoms with Gasteiger partial charge in [-0.2, -0.15) is 0 Å². The summed E-state index contributed by atoms with van der Waals surface area (Å²) in [5.74, 6) is 1.55. The fourth-order valence-electron chi connectivity index (χ4n) is 4.26. The Hall–Kier alpha value is -1.37. The molecule has 2 bridgehead atoms. The van der Waals surface area contributed by atoms with Gasteiger partial charge in [-0.15, -0.1) is 0 Å². The van der Waals surface area contributed by atoms with E-state index in [0.717, 1.165) is 30.3 Å². The predicted octanol–water partition coefficient (Wildman–Crippen LogP) is 0.930. The normalized spacial score (nSPS) is 29.7. The Morgan fingerprint density at radius 2 is 1.91 bits per heavy atom. The molecule has 2 unspecified atom stereocenters. The van der Waals surface area contributed by atoms with Crippen molar-refractivity contribution in [1.29, 1.82) is 0 Å². The maximum absolute atomic E-state index is 9.21. The molecule has 0 aliphatic carbocycles. The van der Waals surface area contributed by atoms with Crippen LogP contribution in [0, 0.1) is 0 Å². The predicted molar refractivity (Wildman–Crippen MR) is 85.7 cm³/mol. The van der Waals surface area contributed by atoms with Gasteiger partial charge >= 0.3 is 0 Å². The SMILES string of the molecule is OCCN1C2CCC1CC(NCc1cc3c(cn1)OCCO3)C2. The number of ether oxygens (including phenoxy) is 2. The minimum absolute atomic E-state index is 0.270. The highest BCUT2D eigenvalue weighted by Gasteiger charge is 2.39. The van der Waals surface area contributed by atoms with E-state index in [0.29, 0.717) is 31.3 Å². The Morgan fingerprint density at radius 1 is 1.17 bits per heavy atom. The third-order valence-electron chi connectivity index (χ3n) is 5.30. The summed E-state index contributed by atoms with van der Waals surface area (Å²) in [7, 11) is 0. The fourth-order valence-corrected chi connectivity index (χ4v) is 4.26. The molecule has 0 aromatic carbocycles. The summed E-state index contributed by atoms with van der Waals surface area (Å²) in [5, 5.41) is 12.9. The van der Waals surface area contributed by atoms with Gasteiger partial charge in [0, 0.05) is 37.3 Å². The number of pyridine rings is 1. The molecule has 3 aliphatic rings. The summed E-state index contributed by atoms with van der Waals surface area (Å²) in [4.78, 5) is 6.96. The summed E-state index contributed by atoms with van der Waals surface area (Å²) in [6, 6.07) is 3.78. The highest BCUT2D eigenvalue weighted by molar-refractivity contribution is 5.39. The minimum Gasteiger partial charge on any atom is -0.486 e. The molecule has 23 heavy (non-hydrogen) atoms. The van der Waals surface area contributed by atoms with E-state index in [1.807, 2.05) is 6.07 Å². The Labute approximate surface area is 136 Å². The van der Waals surface area contributed by atoms with Crippen molar-refractivity contribution in [2.24, 2.45) is 0 Å². The standard InChI is InChI=1S/C17H25N3O3/c21-4-3-20-14-1-2-15(20)8-12(7-14)18-10-13-9-16-17(11-19-13)23-6-5-22-16/h9,11-12,14-15,18,21H,1-8,10H2. The van der Waals surface area contributed by atoms with Crippen LogP contribution >= 0.6 is 0 Å². The van der Waals surface area contributed by atoms with Crippen LogP contribution in [-0.4, -0.2) is 59.5 Å². The van der Waals surface area contributed by atoms with Crippen LogP contribution in [0.2, 0.25) is 0 Å². The zero-order valence-corrected chi connectivity index (χ0v) is 13.4. The van der Waals surface area contributed by atoms with Gasteiger partial charge in [-0.1, -0.05) is 0 Å². The first-order valence-corrected chi connectivity index (χ1v) is 8.68. The zero-order chi connectivity index (χ0) is 15.6. The molecular formula is C17H25N3O3. The molecule has 0 amide bonds. The van der Waals surface area contributed by atoms with E-state index in [9.17, 15) is 5.11 Å². The number of aliphatic hydroxyl groups is 1. The number of aromatic nitrogens is 1. The average Bonchev–Trinajstić information content (AvgIpc) is 2.82. The van der Waals surface area contributed by atoms with E-state index in [-0.39, 0.29) is 6.61 Å². The monoisotopic (exact) mass is 319 g/mol. The van der Waals surface area contributed by atoms with Crippen LogP contribution < -0.4 is 14.8 Å². The molecule has 2 atom stereocenters. The van der Waals surface area contributed by atoms with Crippen LogP contribution in [0.1, 0.15) is 31.4 Å². The minimum atomic E-state index is 0.270. The third-order valence-corrected chi connectivity index (χ3v) is 5.30. The van der Waals surface area contributed by atoms with Crippen molar-refractivity contribution in [2.75, 3.05) is 26.4 Å². The highest BCUT2D eigenvalue weighted by atomic mass is 16.6. The maximum atomic E-state index is 9.21. The number of piperidine rings is 1. The maximum Gasteiger partial charge on any atom is 0.179 e.